The van der Waals surface area contributed by atoms with Crippen LogP contribution in [-0.2, 0) is 4.74 Å². The van der Waals surface area contributed by atoms with E-state index in [4.69, 9.17) is 15.2 Å². The lowest BCUT2D eigenvalue weighted by Crippen LogP contribution is -2.44. The molecule has 0 saturated carbocycles. The molecule has 5 heteroatoms. The highest BCUT2D eigenvalue weighted by atomic mass is 16.5. The van der Waals surface area contributed by atoms with Crippen LogP contribution in [0.25, 0.3) is 0 Å². The number of hydrogen-bond donors (Lipinski definition) is 1. The Morgan fingerprint density at radius 1 is 1.30 bits per heavy atom. The van der Waals surface area contributed by atoms with Gasteiger partial charge in [-0.2, -0.15) is 0 Å². The maximum Gasteiger partial charge on any atom is 0.196 e. The Morgan fingerprint density at radius 2 is 1.95 bits per heavy atom. The first-order valence-electron chi connectivity index (χ1n) is 6.75. The minimum atomic E-state index is -0.199. The van der Waals surface area contributed by atoms with Gasteiger partial charge in [0.05, 0.1) is 25.3 Å². The van der Waals surface area contributed by atoms with Gasteiger partial charge in [-0.15, -0.1) is 0 Å². The maximum atomic E-state index is 6.04. The Balaban J connectivity index is 2.19. The summed E-state index contributed by atoms with van der Waals surface area (Å²) in [6, 6.07) is 8.08. The second-order valence-electron chi connectivity index (χ2n) is 5.59. The normalized spacial score (nSPS) is 19.1. The van der Waals surface area contributed by atoms with E-state index in [0.717, 1.165) is 17.9 Å². The van der Waals surface area contributed by atoms with E-state index in [2.05, 4.69) is 23.7 Å². The number of guanidine groups is 1. The van der Waals surface area contributed by atoms with Crippen LogP contribution in [0, 0.1) is 0 Å². The molecular weight excluding hydrogens is 254 g/mol. The molecule has 0 saturated heterocycles. The topological polar surface area (TPSA) is 60.1 Å². The number of ether oxygens (including phenoxy) is 2. The highest BCUT2D eigenvalue weighted by Crippen LogP contribution is 2.28. The van der Waals surface area contributed by atoms with E-state index in [9.17, 15) is 0 Å². The van der Waals surface area contributed by atoms with Gasteiger partial charge < -0.3 is 20.1 Å². The first-order chi connectivity index (χ1) is 9.46. The van der Waals surface area contributed by atoms with Crippen LogP contribution in [0.4, 0.5) is 5.69 Å². The molecule has 0 amide bonds. The molecule has 110 valence electrons. The van der Waals surface area contributed by atoms with Crippen molar-refractivity contribution in [3.8, 4) is 5.75 Å². The molecule has 0 spiro atoms. The largest absolute Gasteiger partial charge is 0.497 e. The zero-order valence-electron chi connectivity index (χ0n) is 12.6. The number of rotatable bonds is 5. The Morgan fingerprint density at radius 3 is 2.50 bits per heavy atom. The van der Waals surface area contributed by atoms with E-state index < -0.39 is 0 Å². The fraction of sp³-hybridized carbons (Fsp3) is 0.533. The first kappa shape index (κ1) is 14.7. The molecule has 0 aliphatic carbocycles. The average molecular weight is 277 g/mol. The van der Waals surface area contributed by atoms with Crippen molar-refractivity contribution in [2.45, 2.75) is 31.9 Å². The molecule has 1 atom stereocenters. The molecule has 1 heterocycles. The third-order valence-electron chi connectivity index (χ3n) is 3.71. The van der Waals surface area contributed by atoms with Gasteiger partial charge in [0.15, 0.2) is 5.96 Å². The van der Waals surface area contributed by atoms with E-state index in [1.165, 1.54) is 0 Å². The monoisotopic (exact) mass is 277 g/mol. The predicted octanol–water partition coefficient (Wildman–Crippen LogP) is 2.01. The van der Waals surface area contributed by atoms with E-state index >= 15 is 0 Å². The van der Waals surface area contributed by atoms with Crippen LogP contribution in [0.5, 0.6) is 5.75 Å². The molecule has 20 heavy (non-hydrogen) atoms. The lowest BCUT2D eigenvalue weighted by molar-refractivity contribution is 0.0114. The van der Waals surface area contributed by atoms with Crippen LogP contribution >= 0.6 is 0 Å². The molecule has 2 rings (SSSR count). The Kier molecular flexibility index (Phi) is 4.18. The first-order valence-corrected chi connectivity index (χ1v) is 6.75. The second-order valence-corrected chi connectivity index (χ2v) is 5.59. The number of nitrogens with two attached hydrogens (primary N) is 1. The molecule has 0 bridgehead atoms. The molecule has 1 aromatic carbocycles. The molecule has 1 aliphatic heterocycles. The van der Waals surface area contributed by atoms with Crippen molar-refractivity contribution in [3.63, 3.8) is 0 Å². The van der Waals surface area contributed by atoms with Gasteiger partial charge in [0.25, 0.3) is 0 Å². The number of anilines is 1. The molecule has 0 fully saturated rings. The van der Waals surface area contributed by atoms with Gasteiger partial charge in [-0.05, 0) is 44.5 Å². The van der Waals surface area contributed by atoms with Crippen LogP contribution < -0.4 is 15.4 Å². The fourth-order valence-electron chi connectivity index (χ4n) is 2.44. The number of hydrogen-bond acceptors (Lipinski definition) is 5. The van der Waals surface area contributed by atoms with Crippen LogP contribution in [0.2, 0.25) is 0 Å². The minimum absolute atomic E-state index is 0.199. The van der Waals surface area contributed by atoms with Crippen LogP contribution in [-0.4, -0.2) is 38.4 Å². The van der Waals surface area contributed by atoms with Crippen LogP contribution in [0.1, 0.15) is 20.3 Å². The average Bonchev–Trinajstić information content (AvgIpc) is 2.79. The van der Waals surface area contributed by atoms with Crippen molar-refractivity contribution in [1.29, 1.82) is 0 Å². The van der Waals surface area contributed by atoms with E-state index in [-0.39, 0.29) is 11.6 Å². The summed E-state index contributed by atoms with van der Waals surface area (Å²) in [7, 11) is 3.39. The molecule has 2 N–H and O–H groups in total. The number of methoxy groups -OCH3 is 2. The van der Waals surface area contributed by atoms with Crippen molar-refractivity contribution >= 4 is 11.6 Å². The molecule has 1 aromatic rings. The van der Waals surface area contributed by atoms with Gasteiger partial charge in [0.2, 0.25) is 0 Å². The van der Waals surface area contributed by atoms with Gasteiger partial charge in [-0.1, -0.05) is 0 Å². The van der Waals surface area contributed by atoms with Crippen LogP contribution in [0.15, 0.2) is 29.3 Å². The molecular formula is C15H23N3O2. The predicted molar refractivity (Wildman–Crippen MR) is 81.5 cm³/mol. The third kappa shape index (κ3) is 3.04. The zero-order valence-corrected chi connectivity index (χ0v) is 12.6. The SMILES string of the molecule is COc1ccc(N2C(N)=NCC2CC(C)(C)OC)cc1. The van der Waals surface area contributed by atoms with Gasteiger partial charge >= 0.3 is 0 Å². The highest BCUT2D eigenvalue weighted by molar-refractivity contribution is 5.97. The second kappa shape index (κ2) is 5.71. The van der Waals surface area contributed by atoms with Gasteiger partial charge in [-0.25, -0.2) is 0 Å². The summed E-state index contributed by atoms with van der Waals surface area (Å²) in [5.74, 6) is 1.39. The molecule has 5 nitrogen and oxygen atoms in total. The maximum absolute atomic E-state index is 6.04. The summed E-state index contributed by atoms with van der Waals surface area (Å²) < 4.78 is 10.7. The third-order valence-corrected chi connectivity index (χ3v) is 3.71. The smallest absolute Gasteiger partial charge is 0.196 e. The molecule has 0 radical (unpaired) electrons. The molecule has 0 aromatic heterocycles. The summed E-state index contributed by atoms with van der Waals surface area (Å²) in [6.45, 7) is 4.85. The standard InChI is InChI=1S/C15H23N3O2/c1-15(2,20-4)9-12-10-17-14(16)18(12)11-5-7-13(19-3)8-6-11/h5-8,12H,9-10H2,1-4H3,(H2,16,17). The number of nitrogens with zero attached hydrogens (tertiary/aromatic N) is 2. The van der Waals surface area contributed by atoms with Crippen molar-refractivity contribution in [3.05, 3.63) is 24.3 Å². The lowest BCUT2D eigenvalue weighted by Gasteiger charge is -2.32. The van der Waals surface area contributed by atoms with Gasteiger partial charge in [0.1, 0.15) is 5.75 Å². The summed E-state index contributed by atoms with van der Waals surface area (Å²) >= 11 is 0. The number of benzene rings is 1. The van der Waals surface area contributed by atoms with E-state index in [1.54, 1.807) is 14.2 Å². The van der Waals surface area contributed by atoms with E-state index in [0.29, 0.717) is 12.5 Å². The zero-order chi connectivity index (χ0) is 14.8. The van der Waals surface area contributed by atoms with Crippen molar-refractivity contribution in [1.82, 2.24) is 0 Å². The van der Waals surface area contributed by atoms with Crippen molar-refractivity contribution in [2.24, 2.45) is 10.7 Å². The summed E-state index contributed by atoms with van der Waals surface area (Å²) in [6.07, 6.45) is 0.861. The molecule has 1 aliphatic rings. The Labute approximate surface area is 120 Å². The van der Waals surface area contributed by atoms with Crippen molar-refractivity contribution < 1.29 is 9.47 Å². The van der Waals surface area contributed by atoms with Crippen molar-refractivity contribution in [2.75, 3.05) is 25.7 Å². The van der Waals surface area contributed by atoms with Gasteiger partial charge in [-0.3, -0.25) is 4.99 Å². The summed E-state index contributed by atoms with van der Waals surface area (Å²) in [4.78, 5) is 6.44. The van der Waals surface area contributed by atoms with Crippen LogP contribution in [0.3, 0.4) is 0 Å². The number of aliphatic imine (C=N–C) groups is 1. The summed E-state index contributed by atoms with van der Waals surface area (Å²) in [5.41, 5.74) is 6.87. The summed E-state index contributed by atoms with van der Waals surface area (Å²) in [5, 5.41) is 0. The van der Waals surface area contributed by atoms with E-state index in [1.807, 2.05) is 24.3 Å². The Bertz CT molecular complexity index is 482. The lowest BCUT2D eigenvalue weighted by atomic mass is 9.98. The highest BCUT2D eigenvalue weighted by Gasteiger charge is 2.32. The molecule has 1 unspecified atom stereocenters. The fourth-order valence-corrected chi connectivity index (χ4v) is 2.44. The Hall–Kier alpha value is -1.75. The quantitative estimate of drug-likeness (QED) is 0.894. The van der Waals surface area contributed by atoms with Gasteiger partial charge in [0, 0.05) is 12.8 Å². The minimum Gasteiger partial charge on any atom is -0.497 e.